The Balaban J connectivity index is 1.80. The van der Waals surface area contributed by atoms with Crippen LogP contribution in [0.15, 0.2) is 17.2 Å². The number of hydrogen-bond donors (Lipinski definition) is 1. The number of nitrogens with zero attached hydrogens (tertiary/aromatic N) is 2. The zero-order valence-corrected chi connectivity index (χ0v) is 13.9. The Kier molecular flexibility index (Phi) is 3.88. The van der Waals surface area contributed by atoms with E-state index >= 15 is 0 Å². The van der Waals surface area contributed by atoms with Crippen molar-refractivity contribution in [3.05, 3.63) is 18.0 Å². The lowest BCUT2D eigenvalue weighted by Gasteiger charge is -2.20. The van der Waals surface area contributed by atoms with Crippen molar-refractivity contribution >= 4 is 10.0 Å². The maximum Gasteiger partial charge on any atom is 0.244 e. The standard InChI is InChI=1S/C15H25N3O2S/c1-11-6-12(2)18(9-11)21(19,20)15-7-14(17(3)10-15)8-16-13-4-5-13/h7,10-13,16H,4-6,8-9H2,1-3H3. The molecule has 2 fully saturated rings. The van der Waals surface area contributed by atoms with Crippen molar-refractivity contribution in [3.8, 4) is 0 Å². The summed E-state index contributed by atoms with van der Waals surface area (Å²) in [6.07, 6.45) is 5.16. The molecule has 1 saturated heterocycles. The van der Waals surface area contributed by atoms with Crippen LogP contribution in [0, 0.1) is 5.92 Å². The zero-order chi connectivity index (χ0) is 15.2. The molecule has 6 heteroatoms. The molecule has 5 nitrogen and oxygen atoms in total. The third-order valence-electron chi connectivity index (χ3n) is 4.57. The van der Waals surface area contributed by atoms with Gasteiger partial charge in [-0.05, 0) is 38.2 Å². The van der Waals surface area contributed by atoms with Gasteiger partial charge in [0.05, 0.1) is 0 Å². The van der Waals surface area contributed by atoms with E-state index in [9.17, 15) is 8.42 Å². The molecule has 2 heterocycles. The van der Waals surface area contributed by atoms with E-state index in [4.69, 9.17) is 0 Å². The van der Waals surface area contributed by atoms with Gasteiger partial charge in [-0.2, -0.15) is 4.31 Å². The summed E-state index contributed by atoms with van der Waals surface area (Å²) in [6.45, 7) is 5.48. The molecule has 1 aliphatic heterocycles. The van der Waals surface area contributed by atoms with E-state index in [1.807, 2.05) is 24.6 Å². The molecule has 1 aromatic heterocycles. The van der Waals surface area contributed by atoms with Crippen LogP contribution in [0.1, 0.15) is 38.8 Å². The van der Waals surface area contributed by atoms with Crippen molar-refractivity contribution in [1.29, 1.82) is 0 Å². The smallest absolute Gasteiger partial charge is 0.244 e. The van der Waals surface area contributed by atoms with Crippen LogP contribution >= 0.6 is 0 Å². The van der Waals surface area contributed by atoms with Crippen molar-refractivity contribution in [2.24, 2.45) is 13.0 Å². The van der Waals surface area contributed by atoms with Crippen LogP contribution < -0.4 is 5.32 Å². The molecule has 1 aromatic rings. The first-order chi connectivity index (χ1) is 9.88. The Morgan fingerprint density at radius 3 is 2.62 bits per heavy atom. The normalized spacial score (nSPS) is 27.4. The first-order valence-corrected chi connectivity index (χ1v) is 9.22. The highest BCUT2D eigenvalue weighted by molar-refractivity contribution is 7.89. The Labute approximate surface area is 127 Å². The second-order valence-electron chi connectivity index (χ2n) is 6.70. The predicted molar refractivity (Wildman–Crippen MR) is 82.4 cm³/mol. The molecule has 1 N–H and O–H groups in total. The molecule has 1 saturated carbocycles. The lowest BCUT2D eigenvalue weighted by Crippen LogP contribution is -2.33. The van der Waals surface area contributed by atoms with Crippen molar-refractivity contribution in [2.75, 3.05) is 6.54 Å². The number of hydrogen-bond acceptors (Lipinski definition) is 3. The van der Waals surface area contributed by atoms with Gasteiger partial charge in [-0.1, -0.05) is 6.92 Å². The Morgan fingerprint density at radius 1 is 1.33 bits per heavy atom. The van der Waals surface area contributed by atoms with Crippen LogP contribution in [0.4, 0.5) is 0 Å². The van der Waals surface area contributed by atoms with E-state index in [1.165, 1.54) is 12.8 Å². The SMILES string of the molecule is CC1CC(C)N(S(=O)(=O)c2cc(CNC3CC3)n(C)c2)C1. The molecule has 2 atom stereocenters. The lowest BCUT2D eigenvalue weighted by molar-refractivity contribution is 0.405. The zero-order valence-electron chi connectivity index (χ0n) is 13.0. The molecule has 2 aliphatic rings. The molecule has 0 aromatic carbocycles. The fourth-order valence-electron chi connectivity index (χ4n) is 3.16. The van der Waals surface area contributed by atoms with Gasteiger partial charge in [0.1, 0.15) is 4.90 Å². The highest BCUT2D eigenvalue weighted by Gasteiger charge is 2.36. The summed E-state index contributed by atoms with van der Waals surface area (Å²) in [5, 5.41) is 3.43. The number of sulfonamides is 1. The molecule has 21 heavy (non-hydrogen) atoms. The number of rotatable bonds is 5. The molecule has 0 spiro atoms. The first kappa shape index (κ1) is 15.1. The molecule has 118 valence electrons. The van der Waals surface area contributed by atoms with Crippen molar-refractivity contribution in [1.82, 2.24) is 14.2 Å². The summed E-state index contributed by atoms with van der Waals surface area (Å²) < 4.78 is 29.2. The third kappa shape index (κ3) is 3.03. The van der Waals surface area contributed by atoms with Crippen LogP contribution in [-0.2, 0) is 23.6 Å². The quantitative estimate of drug-likeness (QED) is 0.900. The average Bonchev–Trinajstić information content (AvgIpc) is 3.06. The highest BCUT2D eigenvalue weighted by atomic mass is 32.2. The largest absolute Gasteiger partial charge is 0.352 e. The number of aryl methyl sites for hydroxylation is 1. The summed E-state index contributed by atoms with van der Waals surface area (Å²) in [6, 6.07) is 2.54. The Morgan fingerprint density at radius 2 is 2.05 bits per heavy atom. The molecule has 1 aliphatic carbocycles. The summed E-state index contributed by atoms with van der Waals surface area (Å²) in [5.74, 6) is 0.439. The summed E-state index contributed by atoms with van der Waals surface area (Å²) in [5.41, 5.74) is 1.03. The molecule has 3 rings (SSSR count). The van der Waals surface area contributed by atoms with Crippen molar-refractivity contribution in [2.45, 2.75) is 56.6 Å². The van der Waals surface area contributed by atoms with Gasteiger partial charge < -0.3 is 9.88 Å². The molecule has 0 radical (unpaired) electrons. The fourth-order valence-corrected chi connectivity index (χ4v) is 5.02. The van der Waals surface area contributed by atoms with Gasteiger partial charge in [0, 0.05) is 44.1 Å². The van der Waals surface area contributed by atoms with E-state index in [2.05, 4.69) is 12.2 Å². The van der Waals surface area contributed by atoms with Gasteiger partial charge in [0.2, 0.25) is 10.0 Å². The highest BCUT2D eigenvalue weighted by Crippen LogP contribution is 2.30. The van der Waals surface area contributed by atoms with Gasteiger partial charge in [-0.15, -0.1) is 0 Å². The minimum atomic E-state index is -3.36. The minimum Gasteiger partial charge on any atom is -0.352 e. The molecule has 0 bridgehead atoms. The fraction of sp³-hybridized carbons (Fsp3) is 0.733. The summed E-state index contributed by atoms with van der Waals surface area (Å²) in [4.78, 5) is 0.429. The second-order valence-corrected chi connectivity index (χ2v) is 8.59. The van der Waals surface area contributed by atoms with Crippen LogP contribution in [0.3, 0.4) is 0 Å². The van der Waals surface area contributed by atoms with E-state index in [-0.39, 0.29) is 6.04 Å². The van der Waals surface area contributed by atoms with Gasteiger partial charge in [0.15, 0.2) is 0 Å². The van der Waals surface area contributed by atoms with Crippen LogP contribution in [0.2, 0.25) is 0 Å². The minimum absolute atomic E-state index is 0.0956. The van der Waals surface area contributed by atoms with Gasteiger partial charge in [0.25, 0.3) is 0 Å². The second kappa shape index (κ2) is 5.41. The molecule has 2 unspecified atom stereocenters. The van der Waals surface area contributed by atoms with Crippen LogP contribution in [-0.4, -0.2) is 35.9 Å². The molecular weight excluding hydrogens is 286 g/mol. The topological polar surface area (TPSA) is 54.3 Å². The Bertz CT molecular complexity index is 619. The van der Waals surface area contributed by atoms with Crippen LogP contribution in [0.25, 0.3) is 0 Å². The maximum absolute atomic E-state index is 12.8. The van der Waals surface area contributed by atoms with Gasteiger partial charge in [-0.3, -0.25) is 0 Å². The van der Waals surface area contributed by atoms with Crippen molar-refractivity contribution in [3.63, 3.8) is 0 Å². The van der Waals surface area contributed by atoms with E-state index in [0.29, 0.717) is 23.4 Å². The predicted octanol–water partition coefficient (Wildman–Crippen LogP) is 1.70. The monoisotopic (exact) mass is 311 g/mol. The molecular formula is C15H25N3O2S. The summed E-state index contributed by atoms with van der Waals surface area (Å²) in [7, 11) is -1.45. The first-order valence-electron chi connectivity index (χ1n) is 7.78. The van der Waals surface area contributed by atoms with E-state index in [0.717, 1.165) is 18.7 Å². The van der Waals surface area contributed by atoms with E-state index < -0.39 is 10.0 Å². The van der Waals surface area contributed by atoms with E-state index in [1.54, 1.807) is 10.5 Å². The van der Waals surface area contributed by atoms with Gasteiger partial charge in [-0.25, -0.2) is 8.42 Å². The average molecular weight is 311 g/mol. The number of nitrogens with one attached hydrogen (secondary N) is 1. The summed E-state index contributed by atoms with van der Waals surface area (Å²) >= 11 is 0. The van der Waals surface area contributed by atoms with Gasteiger partial charge >= 0.3 is 0 Å². The third-order valence-corrected chi connectivity index (χ3v) is 6.51. The van der Waals surface area contributed by atoms with Crippen molar-refractivity contribution < 1.29 is 8.42 Å². The number of aromatic nitrogens is 1. The lowest BCUT2D eigenvalue weighted by atomic mass is 10.1. The Hall–Kier alpha value is -0.850. The van der Waals surface area contributed by atoms with Crippen LogP contribution in [0.5, 0.6) is 0 Å². The molecule has 0 amide bonds. The maximum atomic E-state index is 12.8.